The fourth-order valence-electron chi connectivity index (χ4n) is 2.77. The molecule has 0 atom stereocenters. The third-order valence-electron chi connectivity index (χ3n) is 4.17. The van der Waals surface area contributed by atoms with Crippen LogP contribution in [-0.4, -0.2) is 23.2 Å². The molecule has 0 saturated heterocycles. The van der Waals surface area contributed by atoms with Crippen molar-refractivity contribution in [1.29, 1.82) is 0 Å². The molecule has 136 valence electrons. The van der Waals surface area contributed by atoms with Gasteiger partial charge in [0.05, 0.1) is 11.9 Å². The average molecular weight is 359 g/mol. The first-order chi connectivity index (χ1) is 13.1. The molecule has 2 aromatic carbocycles. The van der Waals surface area contributed by atoms with Crippen molar-refractivity contribution in [3.8, 4) is 0 Å². The molecule has 1 heterocycles. The lowest BCUT2D eigenvalue weighted by Crippen LogP contribution is -2.31. The van der Waals surface area contributed by atoms with Gasteiger partial charge in [-0.1, -0.05) is 30.3 Å². The number of pyridine rings is 1. The van der Waals surface area contributed by atoms with E-state index in [9.17, 15) is 9.59 Å². The second kappa shape index (κ2) is 8.27. The van der Waals surface area contributed by atoms with E-state index < -0.39 is 0 Å². The number of ketones is 1. The third-order valence-corrected chi connectivity index (χ3v) is 4.17. The largest absolute Gasteiger partial charge is 0.354 e. The molecular weight excluding hydrogens is 338 g/mol. The Labute approximate surface area is 158 Å². The second-order valence-electron chi connectivity index (χ2n) is 6.08. The van der Waals surface area contributed by atoms with Gasteiger partial charge in [0.2, 0.25) is 0 Å². The van der Waals surface area contributed by atoms with Crippen molar-refractivity contribution in [2.45, 2.75) is 13.8 Å². The standard InChI is InChI=1S/C22H21N3O2/c1-3-25(20-10-5-4-6-11-20)22(27)21-13-12-19(15-23-21)24-18-9-7-8-17(14-18)16(2)26/h4-15,24H,3H2,1-2H3. The summed E-state index contributed by atoms with van der Waals surface area (Å²) in [6.45, 7) is 4.03. The Morgan fingerprint density at radius 1 is 0.963 bits per heavy atom. The number of hydrogen-bond acceptors (Lipinski definition) is 4. The summed E-state index contributed by atoms with van der Waals surface area (Å²) in [5, 5.41) is 3.20. The minimum absolute atomic E-state index is 0.0123. The van der Waals surface area contributed by atoms with Crippen LogP contribution >= 0.6 is 0 Å². The summed E-state index contributed by atoms with van der Waals surface area (Å²) < 4.78 is 0. The van der Waals surface area contributed by atoms with Crippen molar-refractivity contribution in [2.24, 2.45) is 0 Å². The first-order valence-electron chi connectivity index (χ1n) is 8.79. The van der Waals surface area contributed by atoms with E-state index in [2.05, 4.69) is 10.3 Å². The van der Waals surface area contributed by atoms with Crippen LogP contribution in [0.3, 0.4) is 0 Å². The van der Waals surface area contributed by atoms with Crippen molar-refractivity contribution in [1.82, 2.24) is 4.98 Å². The summed E-state index contributed by atoms with van der Waals surface area (Å²) in [6, 6.07) is 20.3. The minimum atomic E-state index is -0.145. The van der Waals surface area contributed by atoms with E-state index in [1.807, 2.05) is 49.4 Å². The third kappa shape index (κ3) is 4.39. The maximum atomic E-state index is 12.8. The van der Waals surface area contributed by atoms with Crippen molar-refractivity contribution in [3.05, 3.63) is 84.2 Å². The zero-order valence-corrected chi connectivity index (χ0v) is 15.3. The number of carbonyl (C=O) groups excluding carboxylic acids is 2. The molecule has 0 aliphatic carbocycles. The van der Waals surface area contributed by atoms with Crippen molar-refractivity contribution < 1.29 is 9.59 Å². The van der Waals surface area contributed by atoms with E-state index in [0.717, 1.165) is 17.1 Å². The first-order valence-corrected chi connectivity index (χ1v) is 8.79. The molecule has 5 heteroatoms. The molecule has 3 aromatic rings. The van der Waals surface area contributed by atoms with E-state index in [1.54, 1.807) is 35.4 Å². The predicted octanol–water partition coefficient (Wildman–Crippen LogP) is 4.69. The summed E-state index contributed by atoms with van der Waals surface area (Å²) in [5.41, 5.74) is 3.40. The molecule has 3 rings (SSSR count). The molecule has 1 aromatic heterocycles. The Morgan fingerprint density at radius 3 is 2.37 bits per heavy atom. The Morgan fingerprint density at radius 2 is 1.74 bits per heavy atom. The molecule has 1 N–H and O–H groups in total. The van der Waals surface area contributed by atoms with Gasteiger partial charge in [0, 0.05) is 23.5 Å². The zero-order valence-electron chi connectivity index (χ0n) is 15.3. The quantitative estimate of drug-likeness (QED) is 0.648. The van der Waals surface area contributed by atoms with Gasteiger partial charge >= 0.3 is 0 Å². The van der Waals surface area contributed by atoms with Crippen LogP contribution in [0.25, 0.3) is 0 Å². The van der Waals surface area contributed by atoms with Gasteiger partial charge in [0.25, 0.3) is 5.91 Å². The van der Waals surface area contributed by atoms with Gasteiger partial charge in [-0.05, 0) is 50.2 Å². The van der Waals surface area contributed by atoms with Crippen LogP contribution in [-0.2, 0) is 0 Å². The lowest BCUT2D eigenvalue weighted by atomic mass is 10.1. The fourth-order valence-corrected chi connectivity index (χ4v) is 2.77. The number of benzene rings is 2. The summed E-state index contributed by atoms with van der Waals surface area (Å²) in [5.74, 6) is -0.132. The van der Waals surface area contributed by atoms with E-state index in [4.69, 9.17) is 0 Å². The molecule has 0 unspecified atom stereocenters. The number of nitrogens with zero attached hydrogens (tertiary/aromatic N) is 2. The van der Waals surface area contributed by atoms with Crippen molar-refractivity contribution in [2.75, 3.05) is 16.8 Å². The number of amides is 1. The number of para-hydroxylation sites is 1. The summed E-state index contributed by atoms with van der Waals surface area (Å²) in [7, 11) is 0. The van der Waals surface area contributed by atoms with E-state index in [-0.39, 0.29) is 11.7 Å². The number of Topliss-reactive ketones (excluding diaryl/α,β-unsaturated/α-hetero) is 1. The van der Waals surface area contributed by atoms with Crippen LogP contribution in [0.1, 0.15) is 34.7 Å². The average Bonchev–Trinajstić information content (AvgIpc) is 2.70. The Kier molecular flexibility index (Phi) is 5.61. The van der Waals surface area contributed by atoms with Gasteiger partial charge in [-0.25, -0.2) is 4.98 Å². The second-order valence-corrected chi connectivity index (χ2v) is 6.08. The summed E-state index contributed by atoms with van der Waals surface area (Å²) in [4.78, 5) is 30.3. The van der Waals surface area contributed by atoms with Crippen LogP contribution in [0.4, 0.5) is 17.1 Å². The molecule has 0 saturated carbocycles. The maximum Gasteiger partial charge on any atom is 0.276 e. The molecule has 5 nitrogen and oxygen atoms in total. The van der Waals surface area contributed by atoms with Gasteiger partial charge in [0.1, 0.15) is 5.69 Å². The zero-order chi connectivity index (χ0) is 19.2. The Hall–Kier alpha value is -3.47. The SMILES string of the molecule is CCN(C(=O)c1ccc(Nc2cccc(C(C)=O)c2)cn1)c1ccccc1. The normalized spacial score (nSPS) is 10.3. The highest BCUT2D eigenvalue weighted by Crippen LogP contribution is 2.19. The Balaban J connectivity index is 1.76. The highest BCUT2D eigenvalue weighted by atomic mass is 16.2. The van der Waals surface area contributed by atoms with Crippen LogP contribution in [0.2, 0.25) is 0 Å². The van der Waals surface area contributed by atoms with Gasteiger partial charge < -0.3 is 10.2 Å². The molecule has 0 bridgehead atoms. The minimum Gasteiger partial charge on any atom is -0.354 e. The highest BCUT2D eigenvalue weighted by molar-refractivity contribution is 6.04. The molecule has 0 aliphatic heterocycles. The summed E-state index contributed by atoms with van der Waals surface area (Å²) in [6.07, 6.45) is 1.62. The van der Waals surface area contributed by atoms with Gasteiger partial charge in [-0.3, -0.25) is 9.59 Å². The number of anilines is 3. The van der Waals surface area contributed by atoms with Crippen LogP contribution < -0.4 is 10.2 Å². The number of hydrogen-bond donors (Lipinski definition) is 1. The van der Waals surface area contributed by atoms with E-state index in [0.29, 0.717) is 17.8 Å². The number of carbonyl (C=O) groups is 2. The molecule has 0 fully saturated rings. The van der Waals surface area contributed by atoms with Crippen LogP contribution in [0.5, 0.6) is 0 Å². The van der Waals surface area contributed by atoms with E-state index >= 15 is 0 Å². The molecule has 1 amide bonds. The lowest BCUT2D eigenvalue weighted by molar-refractivity contribution is 0.0981. The molecule has 0 aliphatic rings. The Bertz CT molecular complexity index is 937. The monoisotopic (exact) mass is 359 g/mol. The smallest absolute Gasteiger partial charge is 0.276 e. The number of aromatic nitrogens is 1. The molecule has 27 heavy (non-hydrogen) atoms. The lowest BCUT2D eigenvalue weighted by Gasteiger charge is -2.20. The highest BCUT2D eigenvalue weighted by Gasteiger charge is 2.17. The van der Waals surface area contributed by atoms with Crippen LogP contribution in [0.15, 0.2) is 72.9 Å². The van der Waals surface area contributed by atoms with Gasteiger partial charge in [-0.2, -0.15) is 0 Å². The van der Waals surface area contributed by atoms with E-state index in [1.165, 1.54) is 6.92 Å². The van der Waals surface area contributed by atoms with Crippen molar-refractivity contribution >= 4 is 28.8 Å². The molecule has 0 spiro atoms. The number of rotatable bonds is 6. The van der Waals surface area contributed by atoms with Gasteiger partial charge in [0.15, 0.2) is 5.78 Å². The molecular formula is C22H21N3O2. The van der Waals surface area contributed by atoms with Crippen molar-refractivity contribution in [3.63, 3.8) is 0 Å². The van der Waals surface area contributed by atoms with Gasteiger partial charge in [-0.15, -0.1) is 0 Å². The fraction of sp³-hybridized carbons (Fsp3) is 0.136. The summed E-state index contributed by atoms with van der Waals surface area (Å²) >= 11 is 0. The number of nitrogens with one attached hydrogen (secondary N) is 1. The first kappa shape index (κ1) is 18.3. The molecule has 0 radical (unpaired) electrons. The predicted molar refractivity (Wildman–Crippen MR) is 108 cm³/mol. The van der Waals surface area contributed by atoms with Crippen LogP contribution in [0, 0.1) is 0 Å². The topological polar surface area (TPSA) is 62.3 Å². The maximum absolute atomic E-state index is 12.8.